The molecule has 30 heavy (non-hydrogen) atoms. The third kappa shape index (κ3) is 5.73. The van der Waals surface area contributed by atoms with Crippen LogP contribution in [0.5, 0.6) is 0 Å². The van der Waals surface area contributed by atoms with Crippen molar-refractivity contribution in [1.82, 2.24) is 15.1 Å². The lowest BCUT2D eigenvalue weighted by Gasteiger charge is -2.36. The third-order valence-corrected chi connectivity index (χ3v) is 5.29. The van der Waals surface area contributed by atoms with E-state index in [1.165, 1.54) is 0 Å². The van der Waals surface area contributed by atoms with Gasteiger partial charge in [0.15, 0.2) is 5.96 Å². The van der Waals surface area contributed by atoms with E-state index in [0.717, 1.165) is 17.1 Å². The fourth-order valence-corrected chi connectivity index (χ4v) is 3.66. The molecule has 3 N–H and O–H groups in total. The molecule has 7 nitrogen and oxygen atoms in total. The van der Waals surface area contributed by atoms with Gasteiger partial charge in [-0.15, -0.1) is 0 Å². The van der Waals surface area contributed by atoms with Crippen molar-refractivity contribution in [3.8, 4) is 0 Å². The zero-order valence-corrected chi connectivity index (χ0v) is 17.7. The summed E-state index contributed by atoms with van der Waals surface area (Å²) in [5, 5.41) is 3.96. The van der Waals surface area contributed by atoms with Gasteiger partial charge < -0.3 is 20.9 Å². The first-order valence-electron chi connectivity index (χ1n) is 9.83. The number of benzene rings is 2. The fourth-order valence-electron chi connectivity index (χ4n) is 3.45. The largest absolute Gasteiger partial charge is 0.366 e. The highest BCUT2D eigenvalue weighted by Crippen LogP contribution is 2.13. The molecule has 1 aliphatic heterocycles. The number of hydrogen-bond donors (Lipinski definition) is 2. The number of rotatable bonds is 5. The number of primary amides is 1. The van der Waals surface area contributed by atoms with Crippen LogP contribution in [0.1, 0.15) is 21.5 Å². The van der Waals surface area contributed by atoms with Gasteiger partial charge in [-0.05, 0) is 35.4 Å². The highest BCUT2D eigenvalue weighted by atomic mass is 35.5. The summed E-state index contributed by atoms with van der Waals surface area (Å²) in [5.41, 5.74) is 7.70. The topological polar surface area (TPSA) is 91.0 Å². The Kier molecular flexibility index (Phi) is 7.30. The van der Waals surface area contributed by atoms with Crippen LogP contribution in [0, 0.1) is 0 Å². The first-order valence-corrected chi connectivity index (χ1v) is 10.2. The number of nitrogens with zero attached hydrogens (tertiary/aromatic N) is 3. The van der Waals surface area contributed by atoms with E-state index in [9.17, 15) is 9.59 Å². The Morgan fingerprint density at radius 3 is 2.37 bits per heavy atom. The average molecular weight is 428 g/mol. The Labute approximate surface area is 181 Å². The Morgan fingerprint density at radius 2 is 1.70 bits per heavy atom. The van der Waals surface area contributed by atoms with Crippen LogP contribution in [0.4, 0.5) is 0 Å². The van der Waals surface area contributed by atoms with Crippen LogP contribution in [0.25, 0.3) is 0 Å². The molecule has 0 unspecified atom stereocenters. The van der Waals surface area contributed by atoms with Crippen molar-refractivity contribution < 1.29 is 9.59 Å². The van der Waals surface area contributed by atoms with Crippen molar-refractivity contribution in [2.75, 3.05) is 33.2 Å². The number of amides is 2. The number of halogens is 1. The molecule has 0 saturated carbocycles. The molecule has 0 spiro atoms. The summed E-state index contributed by atoms with van der Waals surface area (Å²) in [4.78, 5) is 32.3. The number of piperazine rings is 1. The van der Waals surface area contributed by atoms with Crippen molar-refractivity contribution in [2.24, 2.45) is 10.7 Å². The number of guanidine groups is 1. The molecule has 2 amide bonds. The first-order chi connectivity index (χ1) is 14.5. The molecule has 158 valence electrons. The highest BCUT2D eigenvalue weighted by molar-refractivity contribution is 6.30. The van der Waals surface area contributed by atoms with E-state index in [0.29, 0.717) is 49.7 Å². The van der Waals surface area contributed by atoms with Gasteiger partial charge in [-0.1, -0.05) is 35.9 Å². The summed E-state index contributed by atoms with van der Waals surface area (Å²) in [6.07, 6.45) is 0.351. The summed E-state index contributed by atoms with van der Waals surface area (Å²) < 4.78 is 0. The monoisotopic (exact) mass is 427 g/mol. The minimum atomic E-state index is -0.445. The second-order valence-electron chi connectivity index (χ2n) is 7.14. The van der Waals surface area contributed by atoms with E-state index in [-0.39, 0.29) is 5.91 Å². The standard InChI is InChI=1S/C22H26ClN5O2/c1-25-22(26-15-17-5-2-6-18(12-17)21(24)30)28-10-8-27(9-11-28)20(29)14-16-4-3-7-19(23)13-16/h2-7,12-13H,8-11,14-15H2,1H3,(H2,24,30)(H,25,26). The molecule has 0 radical (unpaired) electrons. The molecule has 3 rings (SSSR count). The minimum absolute atomic E-state index is 0.100. The summed E-state index contributed by atoms with van der Waals surface area (Å²) in [7, 11) is 1.73. The minimum Gasteiger partial charge on any atom is -0.366 e. The second-order valence-corrected chi connectivity index (χ2v) is 7.58. The third-order valence-electron chi connectivity index (χ3n) is 5.05. The van der Waals surface area contributed by atoms with E-state index in [4.69, 9.17) is 17.3 Å². The van der Waals surface area contributed by atoms with E-state index in [1.807, 2.05) is 35.2 Å². The van der Waals surface area contributed by atoms with Crippen LogP contribution in [-0.2, 0) is 17.8 Å². The molecule has 0 atom stereocenters. The Balaban J connectivity index is 1.51. The predicted molar refractivity (Wildman–Crippen MR) is 118 cm³/mol. The smallest absolute Gasteiger partial charge is 0.248 e. The second kappa shape index (κ2) is 10.1. The molecule has 1 fully saturated rings. The molecule has 1 aliphatic rings. The van der Waals surface area contributed by atoms with Crippen molar-refractivity contribution >= 4 is 29.4 Å². The van der Waals surface area contributed by atoms with Gasteiger partial charge in [0.05, 0.1) is 6.42 Å². The molecule has 1 heterocycles. The van der Waals surface area contributed by atoms with Gasteiger partial charge in [0.2, 0.25) is 11.8 Å². The molecule has 1 saturated heterocycles. The number of aliphatic imine (C=N–C) groups is 1. The zero-order valence-electron chi connectivity index (χ0n) is 17.0. The van der Waals surface area contributed by atoms with Crippen LogP contribution in [0.3, 0.4) is 0 Å². The molecule has 2 aromatic rings. The zero-order chi connectivity index (χ0) is 21.5. The molecular formula is C22H26ClN5O2. The van der Waals surface area contributed by atoms with Gasteiger partial charge in [0.1, 0.15) is 0 Å². The maximum Gasteiger partial charge on any atom is 0.248 e. The number of carbonyl (C=O) groups is 2. The number of hydrogen-bond acceptors (Lipinski definition) is 3. The van der Waals surface area contributed by atoms with Crippen molar-refractivity contribution in [3.05, 3.63) is 70.2 Å². The SMILES string of the molecule is CN=C(NCc1cccc(C(N)=O)c1)N1CCN(C(=O)Cc2cccc(Cl)c2)CC1. The van der Waals surface area contributed by atoms with Gasteiger partial charge >= 0.3 is 0 Å². The number of carbonyl (C=O) groups excluding carboxylic acids is 2. The lowest BCUT2D eigenvalue weighted by Crippen LogP contribution is -2.53. The highest BCUT2D eigenvalue weighted by Gasteiger charge is 2.23. The molecular weight excluding hydrogens is 402 g/mol. The summed E-state index contributed by atoms with van der Waals surface area (Å²) >= 11 is 6.01. The van der Waals surface area contributed by atoms with E-state index in [2.05, 4.69) is 15.2 Å². The molecule has 0 aliphatic carbocycles. The predicted octanol–water partition coefficient (Wildman–Crippen LogP) is 1.90. The van der Waals surface area contributed by atoms with Crippen LogP contribution < -0.4 is 11.1 Å². The maximum absolute atomic E-state index is 12.6. The van der Waals surface area contributed by atoms with E-state index >= 15 is 0 Å². The summed E-state index contributed by atoms with van der Waals surface area (Å²) in [6, 6.07) is 14.6. The molecule has 0 aromatic heterocycles. The van der Waals surface area contributed by atoms with Crippen molar-refractivity contribution in [2.45, 2.75) is 13.0 Å². The van der Waals surface area contributed by atoms with Gasteiger partial charge in [-0.3, -0.25) is 14.6 Å². The van der Waals surface area contributed by atoms with Gasteiger partial charge in [0.25, 0.3) is 0 Å². The lowest BCUT2D eigenvalue weighted by molar-refractivity contribution is -0.131. The molecule has 0 bridgehead atoms. The van der Waals surface area contributed by atoms with Gasteiger partial charge in [0, 0.05) is 50.4 Å². The van der Waals surface area contributed by atoms with E-state index in [1.54, 1.807) is 25.2 Å². The Hall–Kier alpha value is -3.06. The normalized spacial score (nSPS) is 14.5. The Morgan fingerprint density at radius 1 is 1.03 bits per heavy atom. The van der Waals surface area contributed by atoms with Crippen LogP contribution in [-0.4, -0.2) is 60.8 Å². The summed E-state index contributed by atoms with van der Waals surface area (Å²) in [5.74, 6) is 0.421. The average Bonchev–Trinajstić information content (AvgIpc) is 2.75. The van der Waals surface area contributed by atoms with Gasteiger partial charge in [-0.2, -0.15) is 0 Å². The summed E-state index contributed by atoms with van der Waals surface area (Å²) in [6.45, 7) is 3.20. The van der Waals surface area contributed by atoms with Crippen molar-refractivity contribution in [1.29, 1.82) is 0 Å². The molecule has 8 heteroatoms. The van der Waals surface area contributed by atoms with Crippen molar-refractivity contribution in [3.63, 3.8) is 0 Å². The maximum atomic E-state index is 12.6. The quantitative estimate of drug-likeness (QED) is 0.563. The van der Waals surface area contributed by atoms with Crippen LogP contribution >= 0.6 is 11.6 Å². The molecule has 2 aromatic carbocycles. The first kappa shape index (κ1) is 21.6. The van der Waals surface area contributed by atoms with E-state index < -0.39 is 5.91 Å². The number of nitrogens with two attached hydrogens (primary N) is 1. The lowest BCUT2D eigenvalue weighted by atomic mass is 10.1. The fraction of sp³-hybridized carbons (Fsp3) is 0.318. The van der Waals surface area contributed by atoms with Crippen LogP contribution in [0.15, 0.2) is 53.5 Å². The Bertz CT molecular complexity index is 939. The number of nitrogens with one attached hydrogen (secondary N) is 1. The van der Waals surface area contributed by atoms with Crippen LogP contribution in [0.2, 0.25) is 5.02 Å². The van der Waals surface area contributed by atoms with Gasteiger partial charge in [-0.25, -0.2) is 0 Å².